The van der Waals surface area contributed by atoms with Gasteiger partial charge in [-0.05, 0) is 0 Å². The maximum Gasteiger partial charge on any atom is 0.310 e. The van der Waals surface area contributed by atoms with Crippen molar-refractivity contribution in [3.05, 3.63) is 0 Å². The molecule has 0 aromatic rings. The quantitative estimate of drug-likeness (QED) is 0.696. The number of amides is 1. The lowest BCUT2D eigenvalue weighted by Crippen LogP contribution is -2.49. The third-order valence-corrected chi connectivity index (χ3v) is 5.85. The summed E-state index contributed by atoms with van der Waals surface area (Å²) >= 11 is 6.73. The summed E-state index contributed by atoms with van der Waals surface area (Å²) in [4.78, 5) is 22.1. The van der Waals surface area contributed by atoms with E-state index in [1.54, 1.807) is 0 Å². The number of alkyl halides is 2. The minimum atomic E-state index is -1.03. The Balaban J connectivity index is 2.32. The van der Waals surface area contributed by atoms with Crippen molar-refractivity contribution < 1.29 is 19.4 Å². The van der Waals surface area contributed by atoms with Gasteiger partial charge in [0.15, 0.2) is 0 Å². The molecule has 2 rings (SSSR count). The van der Waals surface area contributed by atoms with Gasteiger partial charge in [-0.25, -0.2) is 0 Å². The number of carbonyl (C=O) groups is 2. The fraction of sp³-hybridized carbons (Fsp3) is 0.750. The first-order valence-corrected chi connectivity index (χ1v) is 6.24. The predicted molar refractivity (Wildman–Crippen MR) is 57.9 cm³/mol. The molecule has 3 N–H and O–H groups in total. The van der Waals surface area contributed by atoms with Gasteiger partial charge in [-0.3, -0.25) is 9.59 Å². The van der Waals surface area contributed by atoms with Gasteiger partial charge in [-0.1, -0.05) is 31.9 Å². The number of fused-ring (bicyclic) bond motifs is 2. The molecule has 0 spiro atoms. The average Bonchev–Trinajstić information content (AvgIpc) is 2.64. The van der Waals surface area contributed by atoms with E-state index in [9.17, 15) is 9.59 Å². The summed E-state index contributed by atoms with van der Waals surface area (Å²) in [6.07, 6.45) is -0.938. The molecule has 2 saturated heterocycles. The van der Waals surface area contributed by atoms with Crippen molar-refractivity contribution in [1.82, 2.24) is 0 Å². The number of aliphatic carboxylic acids is 1. The Bertz CT molecular complexity index is 294. The van der Waals surface area contributed by atoms with E-state index >= 15 is 0 Å². The van der Waals surface area contributed by atoms with Crippen molar-refractivity contribution in [2.24, 2.45) is 17.6 Å². The molecule has 15 heavy (non-hydrogen) atoms. The Hall–Kier alpha value is -0.140. The first-order valence-electron chi connectivity index (χ1n) is 4.41. The second-order valence-electron chi connectivity index (χ2n) is 3.75. The summed E-state index contributed by atoms with van der Waals surface area (Å²) in [5.74, 6) is -3.23. The number of ether oxygens (including phenoxy) is 1. The summed E-state index contributed by atoms with van der Waals surface area (Å²) in [5, 5.41) is 9.03. The fourth-order valence-corrected chi connectivity index (χ4v) is 3.81. The first-order chi connectivity index (χ1) is 6.95. The van der Waals surface area contributed by atoms with E-state index in [2.05, 4.69) is 31.9 Å². The maximum atomic E-state index is 11.2. The zero-order valence-electron chi connectivity index (χ0n) is 7.47. The van der Waals surface area contributed by atoms with Crippen LogP contribution in [0.15, 0.2) is 0 Å². The van der Waals surface area contributed by atoms with E-state index in [4.69, 9.17) is 15.6 Å². The molecule has 5 nitrogen and oxygen atoms in total. The molecule has 6 atom stereocenters. The molecule has 84 valence electrons. The first kappa shape index (κ1) is 11.3. The van der Waals surface area contributed by atoms with E-state index in [0.29, 0.717) is 0 Å². The number of rotatable bonds is 2. The lowest BCUT2D eigenvalue weighted by atomic mass is 9.79. The largest absolute Gasteiger partial charge is 0.481 e. The van der Waals surface area contributed by atoms with Crippen LogP contribution in [-0.2, 0) is 14.3 Å². The van der Waals surface area contributed by atoms with Crippen LogP contribution in [0, 0.1) is 11.8 Å². The van der Waals surface area contributed by atoms with Crippen molar-refractivity contribution in [2.75, 3.05) is 0 Å². The van der Waals surface area contributed by atoms with Crippen LogP contribution in [0.2, 0.25) is 0 Å². The molecule has 2 heterocycles. The van der Waals surface area contributed by atoms with Crippen molar-refractivity contribution in [2.45, 2.75) is 21.9 Å². The third-order valence-electron chi connectivity index (χ3n) is 2.95. The van der Waals surface area contributed by atoms with Gasteiger partial charge in [0, 0.05) is 0 Å². The standard InChI is InChI=1S/C8H9Br2NO4/c9-3-4(10)6-2(8(13)14)1(7(11)12)5(3)15-6/h1-6H,(H2,11,12)(H,13,14)/t1-,2+,3+,4+,5+,6+/m0/s1. The lowest BCUT2D eigenvalue weighted by Gasteiger charge is -2.28. The number of hydrogen-bond donors (Lipinski definition) is 2. The molecule has 0 aromatic heterocycles. The molecule has 1 amide bonds. The summed E-state index contributed by atoms with van der Waals surface area (Å²) < 4.78 is 5.47. The van der Waals surface area contributed by atoms with Crippen molar-refractivity contribution in [1.29, 1.82) is 0 Å². The van der Waals surface area contributed by atoms with Crippen LogP contribution in [0.3, 0.4) is 0 Å². The van der Waals surface area contributed by atoms with Gasteiger partial charge in [0.1, 0.15) is 0 Å². The Kier molecular flexibility index (Phi) is 2.81. The number of hydrogen-bond acceptors (Lipinski definition) is 3. The van der Waals surface area contributed by atoms with Crippen LogP contribution in [0.25, 0.3) is 0 Å². The van der Waals surface area contributed by atoms with Crippen LogP contribution in [-0.4, -0.2) is 38.8 Å². The molecule has 0 unspecified atom stereocenters. The number of carbonyl (C=O) groups excluding carboxylic acids is 1. The van der Waals surface area contributed by atoms with E-state index in [-0.39, 0.29) is 9.65 Å². The average molecular weight is 343 g/mol. The highest BCUT2D eigenvalue weighted by atomic mass is 79.9. The number of carboxylic acid groups (broad SMARTS) is 1. The van der Waals surface area contributed by atoms with E-state index in [1.165, 1.54) is 0 Å². The monoisotopic (exact) mass is 341 g/mol. The predicted octanol–water partition coefficient (Wildman–Crippen LogP) is 0.0967. The molecular formula is C8H9Br2NO4. The fourth-order valence-electron chi connectivity index (χ4n) is 2.30. The van der Waals surface area contributed by atoms with Gasteiger partial charge < -0.3 is 15.6 Å². The summed E-state index contributed by atoms with van der Waals surface area (Å²) in [6, 6.07) is 0. The topological polar surface area (TPSA) is 89.6 Å². The molecule has 0 saturated carbocycles. The molecule has 2 aliphatic rings. The van der Waals surface area contributed by atoms with Gasteiger partial charge in [-0.15, -0.1) is 0 Å². The zero-order chi connectivity index (χ0) is 11.3. The Morgan fingerprint density at radius 1 is 1.13 bits per heavy atom. The van der Waals surface area contributed by atoms with Gasteiger partial charge in [0.2, 0.25) is 5.91 Å². The van der Waals surface area contributed by atoms with Gasteiger partial charge >= 0.3 is 5.97 Å². The van der Waals surface area contributed by atoms with Gasteiger partial charge in [0.05, 0.1) is 33.7 Å². The number of halogens is 2. The summed E-state index contributed by atoms with van der Waals surface area (Å²) in [7, 11) is 0. The maximum absolute atomic E-state index is 11.2. The van der Waals surface area contributed by atoms with Crippen LogP contribution < -0.4 is 5.73 Å². The molecular weight excluding hydrogens is 334 g/mol. The molecule has 0 radical (unpaired) electrons. The number of primary amides is 1. The highest BCUT2D eigenvalue weighted by Crippen LogP contribution is 2.49. The SMILES string of the molecule is NC(=O)[C@@H]1[C@H]2O[C@@H]([C@H](Br)[C@H]2Br)[C@@H]1C(=O)O. The highest BCUT2D eigenvalue weighted by molar-refractivity contribution is 9.12. The molecule has 0 aromatic carbocycles. The number of carboxylic acids is 1. The molecule has 2 fully saturated rings. The van der Waals surface area contributed by atoms with E-state index in [0.717, 1.165) is 0 Å². The smallest absolute Gasteiger partial charge is 0.310 e. The van der Waals surface area contributed by atoms with Crippen LogP contribution >= 0.6 is 31.9 Å². The van der Waals surface area contributed by atoms with Crippen molar-refractivity contribution in [3.63, 3.8) is 0 Å². The van der Waals surface area contributed by atoms with Crippen LogP contribution in [0.1, 0.15) is 0 Å². The third kappa shape index (κ3) is 1.52. The molecule has 7 heteroatoms. The molecule has 2 aliphatic heterocycles. The zero-order valence-corrected chi connectivity index (χ0v) is 10.6. The molecule has 2 bridgehead atoms. The highest BCUT2D eigenvalue weighted by Gasteiger charge is 2.62. The van der Waals surface area contributed by atoms with Crippen molar-refractivity contribution >= 4 is 43.7 Å². The molecule has 0 aliphatic carbocycles. The summed E-state index contributed by atoms with van der Waals surface area (Å²) in [5.41, 5.74) is 5.20. The van der Waals surface area contributed by atoms with Gasteiger partial charge in [-0.2, -0.15) is 0 Å². The minimum Gasteiger partial charge on any atom is -0.481 e. The number of nitrogens with two attached hydrogens (primary N) is 1. The van der Waals surface area contributed by atoms with E-state index in [1.807, 2.05) is 0 Å². The Morgan fingerprint density at radius 3 is 2.00 bits per heavy atom. The van der Waals surface area contributed by atoms with E-state index < -0.39 is 35.9 Å². The second-order valence-corrected chi connectivity index (χ2v) is 5.86. The normalized spacial score (nSPS) is 48.1. The van der Waals surface area contributed by atoms with Gasteiger partial charge in [0.25, 0.3) is 0 Å². The van der Waals surface area contributed by atoms with Crippen LogP contribution in [0.4, 0.5) is 0 Å². The summed E-state index contributed by atoms with van der Waals surface area (Å²) in [6.45, 7) is 0. The Labute approximate surface area is 103 Å². The Morgan fingerprint density at radius 2 is 1.60 bits per heavy atom. The van der Waals surface area contributed by atoms with Crippen LogP contribution in [0.5, 0.6) is 0 Å². The van der Waals surface area contributed by atoms with Crippen molar-refractivity contribution in [3.8, 4) is 0 Å². The lowest BCUT2D eigenvalue weighted by molar-refractivity contribution is -0.147. The second kappa shape index (κ2) is 3.71. The minimum absolute atomic E-state index is 0.0735.